The first kappa shape index (κ1) is 13.6. The van der Waals surface area contributed by atoms with Gasteiger partial charge in [0, 0.05) is 11.5 Å². The van der Waals surface area contributed by atoms with Gasteiger partial charge in [0.25, 0.3) is 0 Å². The molecule has 0 saturated carbocycles. The zero-order chi connectivity index (χ0) is 12.8. The summed E-state index contributed by atoms with van der Waals surface area (Å²) in [6.07, 6.45) is 3.54. The maximum atomic E-state index is 9.91. The second-order valence-electron chi connectivity index (χ2n) is 6.38. The molecule has 1 rings (SSSR count). The SMILES string of the molecule is C[Si](C)(C)C1=NC(N)([Si](C)(C)C)N(O)C=C1. The average Bonchev–Trinajstić information content (AvgIpc) is 2.06. The Labute approximate surface area is 99.8 Å². The molecule has 0 aromatic heterocycles. The fourth-order valence-corrected chi connectivity index (χ4v) is 3.87. The van der Waals surface area contributed by atoms with Crippen LogP contribution in [0.4, 0.5) is 0 Å². The smallest absolute Gasteiger partial charge is 0.187 e. The molecule has 6 heteroatoms. The molecule has 1 aliphatic rings. The summed E-state index contributed by atoms with van der Waals surface area (Å²) in [4.78, 5) is 4.64. The van der Waals surface area contributed by atoms with Gasteiger partial charge in [0.2, 0.25) is 0 Å². The number of hydrogen-bond donors (Lipinski definition) is 2. The van der Waals surface area contributed by atoms with Crippen molar-refractivity contribution >= 4 is 21.5 Å². The largest absolute Gasteiger partial charge is 0.292 e. The van der Waals surface area contributed by atoms with Crippen LogP contribution in [0.5, 0.6) is 0 Å². The summed E-state index contributed by atoms with van der Waals surface area (Å²) < 4.78 is 0. The zero-order valence-electron chi connectivity index (χ0n) is 11.1. The van der Waals surface area contributed by atoms with Crippen LogP contribution in [0.3, 0.4) is 0 Å². The van der Waals surface area contributed by atoms with E-state index in [0.29, 0.717) is 0 Å². The first-order chi connectivity index (χ1) is 6.98. The molecule has 1 atom stereocenters. The van der Waals surface area contributed by atoms with Gasteiger partial charge in [-0.25, -0.2) is 5.06 Å². The van der Waals surface area contributed by atoms with Crippen LogP contribution in [0.25, 0.3) is 0 Å². The quantitative estimate of drug-likeness (QED) is 0.744. The molecule has 0 aliphatic carbocycles. The van der Waals surface area contributed by atoms with Gasteiger partial charge in [-0.1, -0.05) is 39.3 Å². The molecule has 16 heavy (non-hydrogen) atoms. The minimum atomic E-state index is -1.83. The van der Waals surface area contributed by atoms with Crippen LogP contribution in [0.15, 0.2) is 17.3 Å². The number of nitrogens with two attached hydrogens (primary N) is 1. The number of nitrogens with zero attached hydrogens (tertiary/aromatic N) is 2. The lowest BCUT2D eigenvalue weighted by Crippen LogP contribution is -2.68. The van der Waals surface area contributed by atoms with Crippen molar-refractivity contribution in [1.29, 1.82) is 0 Å². The standard InChI is InChI=1S/C10H23N3OSi2/c1-15(2,3)9-7-8-13(14)10(11,12-9)16(4,5)6/h7-8,14H,11H2,1-6H3. The molecule has 1 unspecified atom stereocenters. The molecular weight excluding hydrogens is 234 g/mol. The van der Waals surface area contributed by atoms with E-state index in [2.05, 4.69) is 44.3 Å². The van der Waals surface area contributed by atoms with Crippen molar-refractivity contribution in [2.75, 3.05) is 0 Å². The van der Waals surface area contributed by atoms with E-state index in [1.807, 2.05) is 6.08 Å². The minimum Gasteiger partial charge on any atom is -0.292 e. The Hall–Kier alpha value is -0.436. The Balaban J connectivity index is 3.22. The molecule has 0 amide bonds. The van der Waals surface area contributed by atoms with Crippen molar-refractivity contribution in [2.24, 2.45) is 10.7 Å². The Morgan fingerprint density at radius 2 is 1.75 bits per heavy atom. The van der Waals surface area contributed by atoms with Crippen molar-refractivity contribution in [3.05, 3.63) is 12.3 Å². The molecule has 0 bridgehead atoms. The average molecular weight is 257 g/mol. The zero-order valence-corrected chi connectivity index (χ0v) is 13.1. The Morgan fingerprint density at radius 3 is 2.12 bits per heavy atom. The normalized spacial score (nSPS) is 27.0. The highest BCUT2D eigenvalue weighted by Gasteiger charge is 2.46. The summed E-state index contributed by atoms with van der Waals surface area (Å²) >= 11 is 0. The van der Waals surface area contributed by atoms with E-state index >= 15 is 0 Å². The van der Waals surface area contributed by atoms with Crippen molar-refractivity contribution in [2.45, 2.75) is 44.7 Å². The topological polar surface area (TPSA) is 61.8 Å². The molecule has 1 aliphatic heterocycles. The highest BCUT2D eigenvalue weighted by atomic mass is 28.3. The van der Waals surface area contributed by atoms with Gasteiger partial charge in [-0.3, -0.25) is 15.9 Å². The lowest BCUT2D eigenvalue weighted by atomic mass is 10.5. The van der Waals surface area contributed by atoms with Gasteiger partial charge >= 0.3 is 0 Å². The van der Waals surface area contributed by atoms with E-state index in [0.717, 1.165) is 10.4 Å². The van der Waals surface area contributed by atoms with E-state index < -0.39 is 21.6 Å². The fraction of sp³-hybridized carbons (Fsp3) is 0.700. The van der Waals surface area contributed by atoms with Gasteiger partial charge in [0.15, 0.2) is 5.41 Å². The molecule has 0 aromatic rings. The summed E-state index contributed by atoms with van der Waals surface area (Å²) in [7, 11) is -3.31. The van der Waals surface area contributed by atoms with E-state index in [9.17, 15) is 5.21 Å². The molecule has 0 aromatic carbocycles. The Kier molecular flexibility index (Phi) is 3.23. The number of rotatable bonds is 2. The maximum Gasteiger partial charge on any atom is 0.187 e. The second kappa shape index (κ2) is 3.80. The lowest BCUT2D eigenvalue weighted by Gasteiger charge is -2.44. The Morgan fingerprint density at radius 1 is 1.25 bits per heavy atom. The van der Waals surface area contributed by atoms with Crippen LogP contribution in [-0.2, 0) is 0 Å². The van der Waals surface area contributed by atoms with Gasteiger partial charge in [-0.15, -0.1) is 0 Å². The van der Waals surface area contributed by atoms with Crippen molar-refractivity contribution < 1.29 is 5.21 Å². The van der Waals surface area contributed by atoms with Crippen LogP contribution in [0, 0.1) is 0 Å². The second-order valence-corrected chi connectivity index (χ2v) is 16.6. The molecule has 0 radical (unpaired) electrons. The number of allylic oxidation sites excluding steroid dienone is 1. The molecule has 3 N–H and O–H groups in total. The first-order valence-corrected chi connectivity index (χ1v) is 12.5. The summed E-state index contributed by atoms with van der Waals surface area (Å²) in [5.74, 6) is 0. The number of hydrogen-bond acceptors (Lipinski definition) is 4. The molecule has 0 fully saturated rings. The molecule has 4 nitrogen and oxygen atoms in total. The van der Waals surface area contributed by atoms with Crippen LogP contribution < -0.4 is 5.73 Å². The van der Waals surface area contributed by atoms with Crippen LogP contribution in [0.2, 0.25) is 39.3 Å². The molecule has 0 saturated heterocycles. The lowest BCUT2D eigenvalue weighted by molar-refractivity contribution is -0.0978. The predicted octanol–water partition coefficient (Wildman–Crippen LogP) is 2.01. The highest BCUT2D eigenvalue weighted by molar-refractivity contribution is 7.06. The third-order valence-electron chi connectivity index (χ3n) is 2.89. The van der Waals surface area contributed by atoms with Gasteiger partial charge in [0.1, 0.15) is 16.1 Å². The highest BCUT2D eigenvalue weighted by Crippen LogP contribution is 2.27. The van der Waals surface area contributed by atoms with Gasteiger partial charge in [-0.2, -0.15) is 0 Å². The van der Waals surface area contributed by atoms with Crippen molar-refractivity contribution in [3.8, 4) is 0 Å². The monoisotopic (exact) mass is 257 g/mol. The molecule has 1 heterocycles. The van der Waals surface area contributed by atoms with Crippen molar-refractivity contribution in [3.63, 3.8) is 0 Å². The minimum absolute atomic E-state index is 0.933. The molecule has 92 valence electrons. The van der Waals surface area contributed by atoms with Gasteiger partial charge in [-0.05, 0) is 6.08 Å². The van der Waals surface area contributed by atoms with E-state index in [1.54, 1.807) is 6.20 Å². The van der Waals surface area contributed by atoms with Crippen LogP contribution in [0.1, 0.15) is 0 Å². The third kappa shape index (κ3) is 2.29. The van der Waals surface area contributed by atoms with Crippen LogP contribution >= 0.6 is 0 Å². The third-order valence-corrected chi connectivity index (χ3v) is 7.25. The fourth-order valence-electron chi connectivity index (χ4n) is 1.46. The van der Waals surface area contributed by atoms with Gasteiger partial charge < -0.3 is 0 Å². The number of hydroxylamine groups is 2. The first-order valence-electron chi connectivity index (χ1n) is 5.54. The van der Waals surface area contributed by atoms with E-state index in [4.69, 9.17) is 5.73 Å². The van der Waals surface area contributed by atoms with Crippen LogP contribution in [-0.4, -0.2) is 37.2 Å². The molecule has 0 spiro atoms. The summed E-state index contributed by atoms with van der Waals surface area (Å²) in [5, 5.41) is 12.1. The van der Waals surface area contributed by atoms with Crippen molar-refractivity contribution in [1.82, 2.24) is 5.06 Å². The summed E-state index contributed by atoms with van der Waals surface area (Å²) in [6, 6.07) is 0. The maximum absolute atomic E-state index is 9.91. The van der Waals surface area contributed by atoms with E-state index in [-0.39, 0.29) is 0 Å². The van der Waals surface area contributed by atoms with E-state index in [1.165, 1.54) is 0 Å². The summed E-state index contributed by atoms with van der Waals surface area (Å²) in [6.45, 7) is 13.0. The molecular formula is C10H23N3OSi2. The number of aliphatic imine (C=N–C) groups is 1. The van der Waals surface area contributed by atoms with Gasteiger partial charge in [0.05, 0.1) is 0 Å². The summed E-state index contributed by atoms with van der Waals surface area (Å²) in [5.41, 5.74) is 5.35. The Bertz CT molecular complexity index is 341. The predicted molar refractivity (Wildman–Crippen MR) is 73.8 cm³/mol.